The molecule has 0 amide bonds. The topological polar surface area (TPSA) is 52.6 Å². The maximum atomic E-state index is 12.4. The van der Waals surface area contributed by atoms with Crippen molar-refractivity contribution < 1.29 is 19.1 Å². The zero-order valence-corrected chi connectivity index (χ0v) is 18.7. The molecule has 1 aliphatic rings. The van der Waals surface area contributed by atoms with E-state index in [1.54, 1.807) is 0 Å². The van der Waals surface area contributed by atoms with Crippen molar-refractivity contribution in [3.63, 3.8) is 0 Å². The van der Waals surface area contributed by atoms with Crippen molar-refractivity contribution in [3.05, 3.63) is 0 Å². The monoisotopic (exact) mass is 396 g/mol. The molecule has 4 nitrogen and oxygen atoms in total. The molecular weight excluding hydrogens is 352 g/mol. The normalized spacial score (nSPS) is 20.5. The highest BCUT2D eigenvalue weighted by atomic mass is 16.5. The van der Waals surface area contributed by atoms with Crippen LogP contribution in [-0.2, 0) is 19.1 Å². The van der Waals surface area contributed by atoms with Gasteiger partial charge in [-0.25, -0.2) is 0 Å². The molecular formula is C24H44O4. The number of ether oxygens (including phenoxy) is 2. The zero-order valence-electron chi connectivity index (χ0n) is 18.7. The Morgan fingerprint density at radius 1 is 0.714 bits per heavy atom. The van der Waals surface area contributed by atoms with Crippen LogP contribution >= 0.6 is 0 Å². The van der Waals surface area contributed by atoms with Crippen LogP contribution in [0.3, 0.4) is 0 Å². The van der Waals surface area contributed by atoms with Crippen LogP contribution in [0.15, 0.2) is 0 Å². The fourth-order valence-corrected chi connectivity index (χ4v) is 4.10. The summed E-state index contributed by atoms with van der Waals surface area (Å²) in [5, 5.41) is 0. The summed E-state index contributed by atoms with van der Waals surface area (Å²) in [6, 6.07) is 0. The first-order valence-electron chi connectivity index (χ1n) is 12.0. The largest absolute Gasteiger partial charge is 0.465 e. The summed E-state index contributed by atoms with van der Waals surface area (Å²) in [5.41, 5.74) is 0. The molecule has 28 heavy (non-hydrogen) atoms. The Balaban J connectivity index is 2.24. The average molecular weight is 397 g/mol. The van der Waals surface area contributed by atoms with E-state index in [-0.39, 0.29) is 23.8 Å². The minimum atomic E-state index is -0.0674. The first-order valence-corrected chi connectivity index (χ1v) is 12.0. The molecule has 1 saturated carbocycles. The van der Waals surface area contributed by atoms with Crippen molar-refractivity contribution in [2.45, 2.75) is 111 Å². The molecule has 0 aliphatic heterocycles. The standard InChI is InChI=1S/C24H44O4/c1-4-7-9-11-18-27-23(25)21-14-16-22(17-15-21)24(26)28-19-20(12-6-3)13-10-8-5-2/h20-22H,4-19H2,1-3H3. The van der Waals surface area contributed by atoms with E-state index < -0.39 is 0 Å². The lowest BCUT2D eigenvalue weighted by molar-refractivity contribution is -0.156. The SMILES string of the molecule is CCCCCCOC(=O)C1CCC(C(=O)OCC(CCC)CCCCC)CC1. The van der Waals surface area contributed by atoms with Crippen LogP contribution in [0.1, 0.15) is 111 Å². The van der Waals surface area contributed by atoms with Gasteiger partial charge in [0, 0.05) is 0 Å². The maximum absolute atomic E-state index is 12.4. The van der Waals surface area contributed by atoms with E-state index in [4.69, 9.17) is 9.47 Å². The lowest BCUT2D eigenvalue weighted by atomic mass is 9.82. The Bertz CT molecular complexity index is 413. The van der Waals surface area contributed by atoms with Gasteiger partial charge in [0.1, 0.15) is 0 Å². The van der Waals surface area contributed by atoms with Gasteiger partial charge in [0.15, 0.2) is 0 Å². The van der Waals surface area contributed by atoms with Gasteiger partial charge in [0.2, 0.25) is 0 Å². The van der Waals surface area contributed by atoms with Crippen LogP contribution in [0.2, 0.25) is 0 Å². The summed E-state index contributed by atoms with van der Waals surface area (Å²) in [6.07, 6.45) is 14.6. The van der Waals surface area contributed by atoms with Crippen molar-refractivity contribution in [2.24, 2.45) is 17.8 Å². The molecule has 164 valence electrons. The molecule has 4 heteroatoms. The van der Waals surface area contributed by atoms with Crippen LogP contribution in [0.5, 0.6) is 0 Å². The number of carbonyl (C=O) groups excluding carboxylic acids is 2. The quantitative estimate of drug-likeness (QED) is 0.235. The molecule has 0 N–H and O–H groups in total. The third-order valence-corrected chi connectivity index (χ3v) is 6.01. The number of esters is 2. The number of rotatable bonds is 15. The van der Waals surface area contributed by atoms with E-state index in [0.29, 0.717) is 19.1 Å². The van der Waals surface area contributed by atoms with E-state index in [2.05, 4.69) is 20.8 Å². The Kier molecular flexibility index (Phi) is 14.1. The molecule has 0 aromatic carbocycles. The second-order valence-corrected chi connectivity index (χ2v) is 8.56. The predicted octanol–water partition coefficient (Wildman–Crippen LogP) is 6.46. The number of hydrogen-bond donors (Lipinski definition) is 0. The molecule has 0 aromatic heterocycles. The van der Waals surface area contributed by atoms with Crippen molar-refractivity contribution in [1.29, 1.82) is 0 Å². The van der Waals surface area contributed by atoms with Gasteiger partial charge in [-0.05, 0) is 50.9 Å². The number of carbonyl (C=O) groups is 2. The smallest absolute Gasteiger partial charge is 0.308 e. The molecule has 0 radical (unpaired) electrons. The first-order chi connectivity index (χ1) is 13.6. The summed E-state index contributed by atoms with van der Waals surface area (Å²) in [7, 11) is 0. The number of unbranched alkanes of at least 4 members (excludes halogenated alkanes) is 5. The molecule has 0 spiro atoms. The third-order valence-electron chi connectivity index (χ3n) is 6.01. The van der Waals surface area contributed by atoms with Gasteiger partial charge in [-0.15, -0.1) is 0 Å². The van der Waals surface area contributed by atoms with Crippen molar-refractivity contribution in [3.8, 4) is 0 Å². The lowest BCUT2D eigenvalue weighted by Gasteiger charge is -2.26. The van der Waals surface area contributed by atoms with Gasteiger partial charge in [0.05, 0.1) is 25.0 Å². The molecule has 0 aromatic rings. The maximum Gasteiger partial charge on any atom is 0.308 e. The first kappa shape index (κ1) is 25.0. The molecule has 1 rings (SSSR count). The van der Waals surface area contributed by atoms with E-state index in [1.807, 2.05) is 0 Å². The summed E-state index contributed by atoms with van der Waals surface area (Å²) < 4.78 is 11.1. The predicted molar refractivity (Wildman–Crippen MR) is 114 cm³/mol. The van der Waals surface area contributed by atoms with Crippen LogP contribution in [0.25, 0.3) is 0 Å². The molecule has 1 fully saturated rings. The fourth-order valence-electron chi connectivity index (χ4n) is 4.10. The van der Waals surface area contributed by atoms with Crippen LogP contribution < -0.4 is 0 Å². The van der Waals surface area contributed by atoms with Crippen LogP contribution in [0, 0.1) is 17.8 Å². The Morgan fingerprint density at radius 3 is 1.86 bits per heavy atom. The second kappa shape index (κ2) is 15.8. The molecule has 0 saturated heterocycles. The summed E-state index contributed by atoms with van der Waals surface area (Å²) in [6.45, 7) is 7.69. The Labute approximate surface area is 173 Å². The summed E-state index contributed by atoms with van der Waals surface area (Å²) in [5.74, 6) is 0.313. The molecule has 0 heterocycles. The lowest BCUT2D eigenvalue weighted by Crippen LogP contribution is -2.29. The van der Waals surface area contributed by atoms with Crippen molar-refractivity contribution in [1.82, 2.24) is 0 Å². The average Bonchev–Trinajstić information content (AvgIpc) is 2.71. The minimum absolute atomic E-state index is 0.0305. The zero-order chi connectivity index (χ0) is 20.6. The van der Waals surface area contributed by atoms with Gasteiger partial charge in [-0.1, -0.05) is 65.7 Å². The van der Waals surface area contributed by atoms with Gasteiger partial charge >= 0.3 is 11.9 Å². The highest BCUT2D eigenvalue weighted by molar-refractivity contribution is 5.75. The van der Waals surface area contributed by atoms with E-state index >= 15 is 0 Å². The van der Waals surface area contributed by atoms with E-state index in [1.165, 1.54) is 32.1 Å². The third kappa shape index (κ3) is 10.5. The number of hydrogen-bond acceptors (Lipinski definition) is 4. The Morgan fingerprint density at radius 2 is 1.29 bits per heavy atom. The van der Waals surface area contributed by atoms with Gasteiger partial charge in [-0.2, -0.15) is 0 Å². The fraction of sp³-hybridized carbons (Fsp3) is 0.917. The summed E-state index contributed by atoms with van der Waals surface area (Å²) in [4.78, 5) is 24.6. The highest BCUT2D eigenvalue weighted by Gasteiger charge is 2.31. The summed E-state index contributed by atoms with van der Waals surface area (Å²) >= 11 is 0. The van der Waals surface area contributed by atoms with Crippen molar-refractivity contribution >= 4 is 11.9 Å². The van der Waals surface area contributed by atoms with E-state index in [9.17, 15) is 9.59 Å². The molecule has 0 bridgehead atoms. The molecule has 1 unspecified atom stereocenters. The van der Waals surface area contributed by atoms with Crippen LogP contribution in [0.4, 0.5) is 0 Å². The van der Waals surface area contributed by atoms with Gasteiger partial charge in [-0.3, -0.25) is 9.59 Å². The van der Waals surface area contributed by atoms with Gasteiger partial charge in [0.25, 0.3) is 0 Å². The molecule has 1 aliphatic carbocycles. The molecule has 1 atom stereocenters. The second-order valence-electron chi connectivity index (χ2n) is 8.56. The minimum Gasteiger partial charge on any atom is -0.465 e. The van der Waals surface area contributed by atoms with Gasteiger partial charge < -0.3 is 9.47 Å². The highest BCUT2D eigenvalue weighted by Crippen LogP contribution is 2.31. The van der Waals surface area contributed by atoms with Crippen molar-refractivity contribution in [2.75, 3.05) is 13.2 Å². The Hall–Kier alpha value is -1.06. The van der Waals surface area contributed by atoms with E-state index in [0.717, 1.165) is 57.8 Å². The van der Waals surface area contributed by atoms with Crippen LogP contribution in [-0.4, -0.2) is 25.2 Å².